The van der Waals surface area contributed by atoms with E-state index in [0.29, 0.717) is 18.9 Å². The van der Waals surface area contributed by atoms with Gasteiger partial charge in [-0.05, 0) is 12.5 Å². The van der Waals surface area contributed by atoms with Gasteiger partial charge >= 0.3 is 6.18 Å². The molecule has 9 heteroatoms. The molecule has 0 atom stereocenters. The van der Waals surface area contributed by atoms with Crippen molar-refractivity contribution in [2.75, 3.05) is 31.1 Å². The number of aromatic nitrogens is 3. The second kappa shape index (κ2) is 7.21. The van der Waals surface area contributed by atoms with Gasteiger partial charge in [0.15, 0.2) is 0 Å². The molecule has 2 aromatic rings. The van der Waals surface area contributed by atoms with Crippen LogP contribution in [0.15, 0.2) is 24.7 Å². The second-order valence-corrected chi connectivity index (χ2v) is 6.57. The zero-order valence-electron chi connectivity index (χ0n) is 13.8. The Bertz CT molecular complexity index is 731. The molecule has 0 spiro atoms. The Morgan fingerprint density at radius 1 is 1.16 bits per heavy atom. The second-order valence-electron chi connectivity index (χ2n) is 6.17. The van der Waals surface area contributed by atoms with Gasteiger partial charge in [0, 0.05) is 57.7 Å². The highest BCUT2D eigenvalue weighted by Crippen LogP contribution is 2.33. The molecule has 0 unspecified atom stereocenters. The summed E-state index contributed by atoms with van der Waals surface area (Å²) in [6, 6.07) is 0.947. The van der Waals surface area contributed by atoms with Gasteiger partial charge in [-0.1, -0.05) is 11.6 Å². The maximum absolute atomic E-state index is 12.7. The predicted molar refractivity (Wildman–Crippen MR) is 89.6 cm³/mol. The third-order valence-corrected chi connectivity index (χ3v) is 4.48. The van der Waals surface area contributed by atoms with Crippen molar-refractivity contribution in [2.24, 2.45) is 7.05 Å². The van der Waals surface area contributed by atoms with Gasteiger partial charge in [-0.3, -0.25) is 9.58 Å². The highest BCUT2D eigenvalue weighted by molar-refractivity contribution is 6.33. The number of hydrogen-bond acceptors (Lipinski definition) is 4. The molecule has 25 heavy (non-hydrogen) atoms. The summed E-state index contributed by atoms with van der Waals surface area (Å²) in [6.07, 6.45) is 1.13. The Balaban J connectivity index is 1.66. The zero-order chi connectivity index (χ0) is 18.0. The predicted octanol–water partition coefficient (Wildman–Crippen LogP) is 3.20. The van der Waals surface area contributed by atoms with E-state index >= 15 is 0 Å². The first-order chi connectivity index (χ1) is 11.8. The fourth-order valence-electron chi connectivity index (χ4n) is 2.97. The molecule has 0 N–H and O–H groups in total. The molecule has 1 aliphatic rings. The molecule has 0 aliphatic carbocycles. The molecule has 3 heterocycles. The van der Waals surface area contributed by atoms with Crippen LogP contribution in [0.2, 0.25) is 5.02 Å². The Morgan fingerprint density at radius 2 is 1.96 bits per heavy atom. The van der Waals surface area contributed by atoms with Gasteiger partial charge < -0.3 is 4.90 Å². The van der Waals surface area contributed by atoms with Crippen LogP contribution in [-0.2, 0) is 19.8 Å². The monoisotopic (exact) mass is 373 g/mol. The van der Waals surface area contributed by atoms with E-state index in [1.165, 1.54) is 0 Å². The van der Waals surface area contributed by atoms with Crippen LogP contribution in [0.5, 0.6) is 0 Å². The quantitative estimate of drug-likeness (QED) is 0.828. The Labute approximate surface area is 149 Å². The van der Waals surface area contributed by atoms with Crippen LogP contribution in [0.3, 0.4) is 0 Å². The van der Waals surface area contributed by atoms with E-state index in [1.54, 1.807) is 4.68 Å². The highest BCUT2D eigenvalue weighted by Gasteiger charge is 2.32. The van der Waals surface area contributed by atoms with Crippen molar-refractivity contribution in [3.8, 4) is 0 Å². The zero-order valence-corrected chi connectivity index (χ0v) is 14.6. The molecule has 0 amide bonds. The first-order valence-corrected chi connectivity index (χ1v) is 8.38. The van der Waals surface area contributed by atoms with E-state index in [1.807, 2.05) is 24.3 Å². The molecular weight excluding hydrogens is 355 g/mol. The van der Waals surface area contributed by atoms with Gasteiger partial charge in [0.25, 0.3) is 0 Å². The molecule has 1 saturated heterocycles. The van der Waals surface area contributed by atoms with Gasteiger partial charge in [0.05, 0.1) is 16.8 Å². The minimum Gasteiger partial charge on any atom is -0.354 e. The van der Waals surface area contributed by atoms with Crippen molar-refractivity contribution in [1.82, 2.24) is 19.7 Å². The Morgan fingerprint density at radius 3 is 2.60 bits per heavy atom. The van der Waals surface area contributed by atoms with E-state index in [4.69, 9.17) is 11.6 Å². The van der Waals surface area contributed by atoms with Gasteiger partial charge in [0.1, 0.15) is 5.82 Å². The van der Waals surface area contributed by atoms with Crippen LogP contribution in [0, 0.1) is 0 Å². The van der Waals surface area contributed by atoms with Crippen LogP contribution in [0.25, 0.3) is 0 Å². The number of anilines is 1. The van der Waals surface area contributed by atoms with Crippen molar-refractivity contribution in [3.05, 3.63) is 40.8 Å². The lowest BCUT2D eigenvalue weighted by atomic mass is 10.2. The molecule has 0 bridgehead atoms. The van der Waals surface area contributed by atoms with Crippen LogP contribution in [0.4, 0.5) is 19.0 Å². The van der Waals surface area contributed by atoms with Crippen LogP contribution >= 0.6 is 11.6 Å². The lowest BCUT2D eigenvalue weighted by Gasteiger charge is -2.23. The molecule has 1 fully saturated rings. The number of alkyl halides is 3. The van der Waals surface area contributed by atoms with Crippen molar-refractivity contribution in [3.63, 3.8) is 0 Å². The maximum atomic E-state index is 12.7. The van der Waals surface area contributed by atoms with Crippen LogP contribution in [-0.4, -0.2) is 45.8 Å². The van der Waals surface area contributed by atoms with E-state index in [0.717, 1.165) is 43.9 Å². The SMILES string of the molecule is Cn1cc(CN2CCCN(c3ncc(C(F)(F)F)cc3Cl)CC2)cn1. The summed E-state index contributed by atoms with van der Waals surface area (Å²) in [7, 11) is 1.88. The van der Waals surface area contributed by atoms with Crippen LogP contribution < -0.4 is 4.90 Å². The summed E-state index contributed by atoms with van der Waals surface area (Å²) >= 11 is 6.06. The molecule has 5 nitrogen and oxygen atoms in total. The fraction of sp³-hybridized carbons (Fsp3) is 0.500. The summed E-state index contributed by atoms with van der Waals surface area (Å²) in [5.41, 5.74) is 0.316. The van der Waals surface area contributed by atoms with Crippen molar-refractivity contribution in [1.29, 1.82) is 0 Å². The molecular formula is C16H19ClF3N5. The fourth-order valence-corrected chi connectivity index (χ4v) is 3.26. The van der Waals surface area contributed by atoms with Gasteiger partial charge in [-0.15, -0.1) is 0 Å². The molecule has 0 saturated carbocycles. The molecule has 0 aromatic carbocycles. The molecule has 136 valence electrons. The molecule has 3 rings (SSSR count). The van der Waals surface area contributed by atoms with E-state index in [9.17, 15) is 13.2 Å². The standard InChI is InChI=1S/C16H19ClF3N5/c1-23-10-12(8-22-23)11-24-3-2-4-25(6-5-24)15-14(17)7-13(9-21-15)16(18,19)20/h7-10H,2-6,11H2,1H3. The number of pyridine rings is 1. The largest absolute Gasteiger partial charge is 0.417 e. The minimum atomic E-state index is -4.44. The first kappa shape index (κ1) is 18.0. The minimum absolute atomic E-state index is 0.0375. The number of aryl methyl sites for hydroxylation is 1. The number of hydrogen-bond donors (Lipinski definition) is 0. The van der Waals surface area contributed by atoms with Gasteiger partial charge in [-0.2, -0.15) is 18.3 Å². The maximum Gasteiger partial charge on any atom is 0.417 e. The average molecular weight is 374 g/mol. The van der Waals surface area contributed by atoms with Crippen molar-refractivity contribution >= 4 is 17.4 Å². The van der Waals surface area contributed by atoms with E-state index in [2.05, 4.69) is 15.0 Å². The summed E-state index contributed by atoms with van der Waals surface area (Å²) in [4.78, 5) is 8.22. The smallest absolute Gasteiger partial charge is 0.354 e. The number of nitrogens with zero attached hydrogens (tertiary/aromatic N) is 5. The normalized spacial score (nSPS) is 16.9. The molecule has 2 aromatic heterocycles. The third-order valence-electron chi connectivity index (χ3n) is 4.20. The van der Waals surface area contributed by atoms with Crippen molar-refractivity contribution in [2.45, 2.75) is 19.1 Å². The lowest BCUT2D eigenvalue weighted by Crippen LogP contribution is -2.31. The third kappa shape index (κ3) is 4.43. The summed E-state index contributed by atoms with van der Waals surface area (Å²) in [6.45, 7) is 3.87. The molecule has 1 aliphatic heterocycles. The number of rotatable bonds is 3. The first-order valence-electron chi connectivity index (χ1n) is 8.00. The lowest BCUT2D eigenvalue weighted by molar-refractivity contribution is -0.137. The van der Waals surface area contributed by atoms with Crippen molar-refractivity contribution < 1.29 is 13.2 Å². The Kier molecular flexibility index (Phi) is 5.19. The van der Waals surface area contributed by atoms with Gasteiger partial charge in [0.2, 0.25) is 0 Å². The topological polar surface area (TPSA) is 37.2 Å². The summed E-state index contributed by atoms with van der Waals surface area (Å²) < 4.78 is 40.0. The van der Waals surface area contributed by atoms with Crippen LogP contribution in [0.1, 0.15) is 17.5 Å². The number of halogens is 4. The Hall–Kier alpha value is -1.80. The summed E-state index contributed by atoms with van der Waals surface area (Å²) in [5.74, 6) is 0.415. The molecule has 0 radical (unpaired) electrons. The summed E-state index contributed by atoms with van der Waals surface area (Å²) in [5, 5.41) is 4.21. The van der Waals surface area contributed by atoms with E-state index < -0.39 is 11.7 Å². The average Bonchev–Trinajstić information content (AvgIpc) is 2.80. The van der Waals surface area contributed by atoms with Gasteiger partial charge in [-0.25, -0.2) is 4.98 Å². The highest BCUT2D eigenvalue weighted by atomic mass is 35.5. The van der Waals surface area contributed by atoms with E-state index in [-0.39, 0.29) is 5.02 Å².